The highest BCUT2D eigenvalue weighted by molar-refractivity contribution is 7.28. The Bertz CT molecular complexity index is 2260. The molecular weight excluding hydrogens is 628 g/mol. The molecule has 0 spiro atoms. The quantitative estimate of drug-likeness (QED) is 0.0928. The van der Waals surface area contributed by atoms with Gasteiger partial charge in [0.1, 0.15) is 21.4 Å². The van der Waals surface area contributed by atoms with E-state index in [9.17, 15) is 5.11 Å². The Kier molecular flexibility index (Phi) is 9.60. The van der Waals surface area contributed by atoms with Crippen molar-refractivity contribution in [2.45, 2.75) is 58.9 Å². The number of hydrogen-bond acceptors (Lipinski definition) is 5. The molecule has 0 saturated heterocycles. The molecule has 4 nitrogen and oxygen atoms in total. The summed E-state index contributed by atoms with van der Waals surface area (Å²) in [5.41, 5.74) is 18.5. The zero-order valence-electron chi connectivity index (χ0n) is 29.0. The van der Waals surface area contributed by atoms with E-state index in [1.807, 2.05) is 43.3 Å². The minimum absolute atomic E-state index is 0.117. The van der Waals surface area contributed by atoms with Gasteiger partial charge in [-0.05, 0) is 102 Å². The van der Waals surface area contributed by atoms with Crippen molar-refractivity contribution in [3.8, 4) is 28.0 Å². The minimum Gasteiger partial charge on any atom is -0.508 e. The van der Waals surface area contributed by atoms with Gasteiger partial charge in [0, 0.05) is 26.2 Å². The first-order valence-corrected chi connectivity index (χ1v) is 18.1. The molecule has 3 atom stereocenters. The highest BCUT2D eigenvalue weighted by atomic mass is 32.1. The Labute approximate surface area is 302 Å². The van der Waals surface area contributed by atoms with Crippen molar-refractivity contribution in [1.29, 1.82) is 0 Å². The molecule has 0 amide bonds. The van der Waals surface area contributed by atoms with E-state index in [2.05, 4.69) is 98.2 Å². The summed E-state index contributed by atoms with van der Waals surface area (Å²) in [5.74, 6) is 0.117. The van der Waals surface area contributed by atoms with E-state index in [0.717, 1.165) is 88.5 Å². The summed E-state index contributed by atoms with van der Waals surface area (Å²) < 4.78 is 1.83. The molecule has 4 radical (unpaired) electrons. The van der Waals surface area contributed by atoms with Crippen LogP contribution in [0, 0.1) is 20.8 Å². The second-order valence-corrected chi connectivity index (χ2v) is 14.4. The Morgan fingerprint density at radius 3 is 2.02 bits per heavy atom. The number of phenols is 1. The van der Waals surface area contributed by atoms with Gasteiger partial charge in [-0.1, -0.05) is 109 Å². The number of phenolic OH excluding ortho intramolecular Hbond substituents is 1. The molecule has 1 heterocycles. The van der Waals surface area contributed by atoms with Crippen LogP contribution in [0.4, 0.5) is 0 Å². The Morgan fingerprint density at radius 2 is 1.36 bits per heavy atom. The highest BCUT2D eigenvalue weighted by Crippen LogP contribution is 2.46. The van der Waals surface area contributed by atoms with Crippen molar-refractivity contribution >= 4 is 58.1 Å². The number of nitrogens with two attached hydrogens (primary N) is 1. The van der Waals surface area contributed by atoms with E-state index in [1.54, 1.807) is 11.3 Å². The van der Waals surface area contributed by atoms with Gasteiger partial charge in [0.25, 0.3) is 0 Å². The van der Waals surface area contributed by atoms with Crippen molar-refractivity contribution in [3.05, 3.63) is 137 Å². The largest absolute Gasteiger partial charge is 0.508 e. The Morgan fingerprint density at radius 1 is 0.740 bits per heavy atom. The summed E-state index contributed by atoms with van der Waals surface area (Å²) in [7, 11) is 13.9. The number of hydrogen-bond donors (Lipinski definition) is 4. The molecule has 7 heteroatoms. The fourth-order valence-corrected chi connectivity index (χ4v) is 8.80. The summed E-state index contributed by atoms with van der Waals surface area (Å²) in [4.78, 5) is 0. The average Bonchev–Trinajstić information content (AvgIpc) is 3.55. The van der Waals surface area contributed by atoms with E-state index in [-0.39, 0.29) is 24.1 Å². The van der Waals surface area contributed by atoms with Crippen molar-refractivity contribution in [2.75, 3.05) is 0 Å². The Hall–Kier alpha value is -4.39. The van der Waals surface area contributed by atoms with Gasteiger partial charge < -0.3 is 10.8 Å². The number of fused-ring (bicyclic) bond motifs is 3. The van der Waals surface area contributed by atoms with Crippen LogP contribution >= 0.6 is 11.3 Å². The summed E-state index contributed by atoms with van der Waals surface area (Å²) in [6, 6.07) is 29.1. The molecule has 0 aliphatic heterocycles. The van der Waals surface area contributed by atoms with Crippen LogP contribution in [-0.4, -0.2) is 27.0 Å². The van der Waals surface area contributed by atoms with E-state index in [1.165, 1.54) is 5.57 Å². The lowest BCUT2D eigenvalue weighted by molar-refractivity contribution is 0.367. The zero-order chi connectivity index (χ0) is 35.1. The molecular formula is C43H41B2N3OS. The standard InChI is InChI=1S/C43H41B2N3OS/c1-24-25(2)35-36-34(30-22-20-29(21-23-30)28-14-8-5-9-15-28)26(3)39(49)38(45)41(36)50-40(35)37(44)33(24)27(4)47-43(32-18-12-7-13-19-32)48-42(46)31-16-10-6-11-17-31/h5-10,12-16,18-23,27,42-43,47-49H,11,17,46H2,1-4H3. The number of nitrogens with one attached hydrogen (secondary N) is 2. The van der Waals surface area contributed by atoms with Crippen LogP contribution in [0.15, 0.2) is 109 Å². The van der Waals surface area contributed by atoms with Gasteiger partial charge in [-0.15, -0.1) is 11.3 Å². The summed E-state index contributed by atoms with van der Waals surface area (Å²) in [6.07, 6.45) is 7.79. The molecule has 1 aliphatic carbocycles. The topological polar surface area (TPSA) is 70.3 Å². The number of allylic oxidation sites excluding steroid dienone is 3. The van der Waals surface area contributed by atoms with Crippen molar-refractivity contribution < 1.29 is 5.11 Å². The average molecular weight is 670 g/mol. The lowest BCUT2D eigenvalue weighted by atomic mass is 9.79. The first kappa shape index (κ1) is 34.1. The number of aryl methyl sites for hydroxylation is 1. The third-order valence-electron chi connectivity index (χ3n) is 10.3. The lowest BCUT2D eigenvalue weighted by Gasteiger charge is -2.31. The normalized spacial score (nSPS) is 14.9. The van der Waals surface area contributed by atoms with E-state index >= 15 is 0 Å². The molecule has 1 aliphatic rings. The summed E-state index contributed by atoms with van der Waals surface area (Å²) in [5, 5.41) is 20.9. The van der Waals surface area contributed by atoms with E-state index in [4.69, 9.17) is 21.4 Å². The molecule has 6 aromatic rings. The van der Waals surface area contributed by atoms with Gasteiger partial charge in [0.05, 0.1) is 12.3 Å². The lowest BCUT2D eigenvalue weighted by Crippen LogP contribution is -2.47. The van der Waals surface area contributed by atoms with Gasteiger partial charge in [0.15, 0.2) is 0 Å². The van der Waals surface area contributed by atoms with Crippen LogP contribution < -0.4 is 27.3 Å². The van der Waals surface area contributed by atoms with Gasteiger partial charge >= 0.3 is 0 Å². The first-order valence-electron chi connectivity index (χ1n) is 17.3. The maximum Gasteiger partial charge on any atom is 0.121 e. The number of aromatic hydroxyl groups is 1. The highest BCUT2D eigenvalue weighted by Gasteiger charge is 2.27. The van der Waals surface area contributed by atoms with Crippen LogP contribution in [0.5, 0.6) is 5.75 Å². The van der Waals surface area contributed by atoms with Gasteiger partial charge in [-0.2, -0.15) is 0 Å². The summed E-state index contributed by atoms with van der Waals surface area (Å²) in [6.45, 7) is 8.43. The number of benzene rings is 5. The molecule has 0 saturated carbocycles. The number of thiophene rings is 1. The number of rotatable bonds is 9. The Balaban J connectivity index is 1.33. The van der Waals surface area contributed by atoms with Crippen LogP contribution in [0.3, 0.4) is 0 Å². The molecule has 0 bridgehead atoms. The van der Waals surface area contributed by atoms with Gasteiger partial charge in [-0.3, -0.25) is 10.6 Å². The fourth-order valence-electron chi connectivity index (χ4n) is 7.50. The molecule has 1 aromatic heterocycles. The SMILES string of the molecule is [B]c1c(C(C)NC(NC(N)C2=CC=CCC2)c2ccccc2)c(C)c(C)c2c1sc1c([B])c(O)c(C)c(-c3ccc(-c4ccccc4)cc3)c12. The van der Waals surface area contributed by atoms with Gasteiger partial charge in [-0.25, -0.2) is 0 Å². The van der Waals surface area contributed by atoms with Crippen LogP contribution in [-0.2, 0) is 0 Å². The van der Waals surface area contributed by atoms with Gasteiger partial charge in [0.2, 0.25) is 0 Å². The molecule has 7 rings (SSSR count). The maximum atomic E-state index is 11.3. The first-order chi connectivity index (χ1) is 24.2. The van der Waals surface area contributed by atoms with E-state index < -0.39 is 0 Å². The molecule has 50 heavy (non-hydrogen) atoms. The smallest absolute Gasteiger partial charge is 0.121 e. The zero-order valence-corrected chi connectivity index (χ0v) is 29.9. The van der Waals surface area contributed by atoms with E-state index in [0.29, 0.717) is 5.46 Å². The predicted molar refractivity (Wildman–Crippen MR) is 215 cm³/mol. The minimum atomic E-state index is -0.297. The molecule has 0 fully saturated rings. The van der Waals surface area contributed by atoms with Crippen molar-refractivity contribution in [3.63, 3.8) is 0 Å². The van der Waals surface area contributed by atoms with Crippen LogP contribution in [0.1, 0.15) is 59.8 Å². The second kappa shape index (κ2) is 14.1. The molecule has 3 unspecified atom stereocenters. The van der Waals surface area contributed by atoms with Crippen LogP contribution in [0.2, 0.25) is 0 Å². The van der Waals surface area contributed by atoms with Crippen LogP contribution in [0.25, 0.3) is 42.4 Å². The molecule has 5 N–H and O–H groups in total. The second-order valence-electron chi connectivity index (χ2n) is 13.4. The third kappa shape index (κ3) is 6.13. The predicted octanol–water partition coefficient (Wildman–Crippen LogP) is 8.11. The molecule has 5 aromatic carbocycles. The fraction of sp³-hybridized carbons (Fsp3) is 0.209. The monoisotopic (exact) mass is 669 g/mol. The molecule has 246 valence electrons. The van der Waals surface area contributed by atoms with Crippen molar-refractivity contribution in [1.82, 2.24) is 10.6 Å². The summed E-state index contributed by atoms with van der Waals surface area (Å²) >= 11 is 1.56. The van der Waals surface area contributed by atoms with Crippen molar-refractivity contribution in [2.24, 2.45) is 5.73 Å². The maximum absolute atomic E-state index is 11.3. The third-order valence-corrected chi connectivity index (χ3v) is 11.6.